The second kappa shape index (κ2) is 9.18. The Labute approximate surface area is 210 Å². The maximum Gasteiger partial charge on any atom is 0.238 e. The average Bonchev–Trinajstić information content (AvgIpc) is 3.48. The van der Waals surface area contributed by atoms with Crippen LogP contribution in [0.25, 0.3) is 17.2 Å². The van der Waals surface area contributed by atoms with Crippen molar-refractivity contribution in [2.45, 2.75) is 45.4 Å². The molecule has 0 saturated carbocycles. The number of hydrogen-bond donors (Lipinski definition) is 1. The zero-order valence-corrected chi connectivity index (χ0v) is 20.6. The van der Waals surface area contributed by atoms with E-state index in [1.807, 2.05) is 19.2 Å². The fourth-order valence-electron chi connectivity index (χ4n) is 4.42. The van der Waals surface area contributed by atoms with Crippen LogP contribution >= 0.6 is 0 Å². The minimum atomic E-state index is -1.58. The van der Waals surface area contributed by atoms with Gasteiger partial charge in [0.05, 0.1) is 24.7 Å². The Hall–Kier alpha value is -3.93. The van der Waals surface area contributed by atoms with Gasteiger partial charge in [0.15, 0.2) is 35.2 Å². The molecule has 4 aromatic rings. The molecule has 37 heavy (non-hydrogen) atoms. The van der Waals surface area contributed by atoms with E-state index in [0.717, 1.165) is 17.8 Å². The predicted octanol–water partition coefficient (Wildman–Crippen LogP) is 4.17. The second-order valence-corrected chi connectivity index (χ2v) is 9.53. The normalized spacial score (nSPS) is 17.5. The Morgan fingerprint density at radius 2 is 1.84 bits per heavy atom. The van der Waals surface area contributed by atoms with E-state index in [1.54, 1.807) is 35.4 Å². The van der Waals surface area contributed by atoms with Crippen LogP contribution in [-0.4, -0.2) is 47.1 Å². The largest absolute Gasteiger partial charge is 0.482 e. The van der Waals surface area contributed by atoms with Crippen LogP contribution < -0.4 is 9.47 Å². The van der Waals surface area contributed by atoms with Crippen molar-refractivity contribution >= 4 is 0 Å². The monoisotopic (exact) mass is 514 g/mol. The van der Waals surface area contributed by atoms with Gasteiger partial charge in [-0.1, -0.05) is 0 Å². The van der Waals surface area contributed by atoms with Crippen LogP contribution in [-0.2, 0) is 6.54 Å². The Morgan fingerprint density at radius 3 is 2.46 bits per heavy atom. The Bertz CT molecular complexity index is 1440. The number of hydrogen-bond acceptors (Lipinski definition) is 7. The minimum absolute atomic E-state index is 0.200. The van der Waals surface area contributed by atoms with E-state index in [1.165, 1.54) is 7.11 Å². The first-order valence-corrected chi connectivity index (χ1v) is 11.6. The van der Waals surface area contributed by atoms with Crippen molar-refractivity contribution in [1.29, 1.82) is 0 Å². The van der Waals surface area contributed by atoms with Gasteiger partial charge >= 0.3 is 0 Å². The quantitative estimate of drug-likeness (QED) is 0.386. The summed E-state index contributed by atoms with van der Waals surface area (Å²) in [5.74, 6) is -3.71. The van der Waals surface area contributed by atoms with Gasteiger partial charge in [0.25, 0.3) is 0 Å². The van der Waals surface area contributed by atoms with Gasteiger partial charge in [-0.05, 0) is 39.3 Å². The summed E-state index contributed by atoms with van der Waals surface area (Å²) in [7, 11) is 1.51. The van der Waals surface area contributed by atoms with Gasteiger partial charge in [-0.25, -0.2) is 23.1 Å². The number of halogens is 3. The molecule has 0 spiro atoms. The molecule has 1 aliphatic heterocycles. The first-order chi connectivity index (χ1) is 17.5. The molecule has 0 saturated heterocycles. The Morgan fingerprint density at radius 1 is 1.11 bits per heavy atom. The Kier molecular flexibility index (Phi) is 6.14. The third kappa shape index (κ3) is 4.64. The van der Waals surface area contributed by atoms with Gasteiger partial charge in [-0.15, -0.1) is 10.2 Å². The lowest BCUT2D eigenvalue weighted by Gasteiger charge is -2.37. The highest BCUT2D eigenvalue weighted by atomic mass is 19.2. The molecule has 4 heterocycles. The lowest BCUT2D eigenvalue weighted by Crippen LogP contribution is -2.40. The van der Waals surface area contributed by atoms with Crippen molar-refractivity contribution in [3.05, 3.63) is 65.8 Å². The molecule has 0 fully saturated rings. The molecule has 12 heteroatoms. The smallest absolute Gasteiger partial charge is 0.238 e. The lowest BCUT2D eigenvalue weighted by molar-refractivity contribution is -0.0237. The van der Waals surface area contributed by atoms with Gasteiger partial charge < -0.3 is 23.7 Å². The standard InChI is InChI=1S/C25H25F3N6O3/c1-13-10-33(12-29-13)19-6-5-18(30-24(19)36-4)22-31-32-23-20(7-14(11-34(22)23)25(2,3)35)37-15-8-16(26)21(28)17(27)9-15/h5-6,8-10,12,14,20,35H,7,11H2,1-4H3/t14?,20-/m1/s1. The molecular weight excluding hydrogens is 489 g/mol. The molecule has 1 N–H and O–H groups in total. The van der Waals surface area contributed by atoms with Crippen molar-refractivity contribution in [3.8, 4) is 28.8 Å². The molecule has 5 rings (SSSR count). The number of aliphatic hydroxyl groups is 1. The third-order valence-electron chi connectivity index (χ3n) is 6.46. The van der Waals surface area contributed by atoms with Crippen LogP contribution in [0, 0.1) is 30.3 Å². The summed E-state index contributed by atoms with van der Waals surface area (Å²) >= 11 is 0. The van der Waals surface area contributed by atoms with E-state index in [2.05, 4.69) is 20.2 Å². The summed E-state index contributed by atoms with van der Waals surface area (Å²) in [6.07, 6.45) is 2.98. The van der Waals surface area contributed by atoms with E-state index in [0.29, 0.717) is 35.5 Å². The van der Waals surface area contributed by atoms with E-state index in [4.69, 9.17) is 9.47 Å². The van der Waals surface area contributed by atoms with Crippen molar-refractivity contribution in [2.75, 3.05) is 7.11 Å². The van der Waals surface area contributed by atoms with Crippen molar-refractivity contribution in [1.82, 2.24) is 29.3 Å². The number of methoxy groups -OCH3 is 1. The van der Waals surface area contributed by atoms with E-state index in [-0.39, 0.29) is 18.1 Å². The van der Waals surface area contributed by atoms with Crippen molar-refractivity contribution in [3.63, 3.8) is 0 Å². The van der Waals surface area contributed by atoms with Crippen molar-refractivity contribution in [2.24, 2.45) is 5.92 Å². The molecule has 1 aromatic carbocycles. The molecule has 0 radical (unpaired) electrons. The number of rotatable bonds is 6. The number of aromatic nitrogens is 6. The summed E-state index contributed by atoms with van der Waals surface area (Å²) < 4.78 is 56.0. The Balaban J connectivity index is 1.55. The SMILES string of the molecule is COc1nc(-c2nnc3n2CC(C(C)(C)O)C[C@H]3Oc2cc(F)c(F)c(F)c2)ccc1-n1cnc(C)c1. The highest BCUT2D eigenvalue weighted by molar-refractivity contribution is 5.56. The van der Waals surface area contributed by atoms with Crippen LogP contribution in [0.1, 0.15) is 37.9 Å². The first kappa shape index (κ1) is 24.8. The van der Waals surface area contributed by atoms with Crippen LogP contribution in [0.4, 0.5) is 13.2 Å². The molecule has 1 aliphatic rings. The molecule has 0 aliphatic carbocycles. The number of pyridine rings is 1. The summed E-state index contributed by atoms with van der Waals surface area (Å²) in [5, 5.41) is 19.4. The van der Waals surface area contributed by atoms with Gasteiger partial charge in [0.1, 0.15) is 17.1 Å². The van der Waals surface area contributed by atoms with Crippen LogP contribution in [0.3, 0.4) is 0 Å². The summed E-state index contributed by atoms with van der Waals surface area (Å²) in [6, 6.07) is 5.13. The lowest BCUT2D eigenvalue weighted by atomic mass is 9.83. The van der Waals surface area contributed by atoms with Gasteiger partial charge in [-0.3, -0.25) is 0 Å². The fourth-order valence-corrected chi connectivity index (χ4v) is 4.42. The number of aryl methyl sites for hydroxylation is 1. The van der Waals surface area contributed by atoms with Gasteiger partial charge in [0.2, 0.25) is 5.88 Å². The molecule has 1 unspecified atom stereocenters. The summed E-state index contributed by atoms with van der Waals surface area (Å²) in [5.41, 5.74) is 0.864. The maximum atomic E-state index is 13.8. The third-order valence-corrected chi connectivity index (χ3v) is 6.46. The zero-order valence-electron chi connectivity index (χ0n) is 20.6. The van der Waals surface area contributed by atoms with Gasteiger partial charge in [0, 0.05) is 30.8 Å². The number of fused-ring (bicyclic) bond motifs is 1. The zero-order chi connectivity index (χ0) is 26.5. The van der Waals surface area contributed by atoms with E-state index >= 15 is 0 Å². The molecular formula is C25H25F3N6O3. The van der Waals surface area contributed by atoms with Gasteiger partial charge in [-0.2, -0.15) is 0 Å². The molecule has 2 atom stereocenters. The van der Waals surface area contributed by atoms with E-state index < -0.39 is 29.2 Å². The number of imidazole rings is 1. The van der Waals surface area contributed by atoms with E-state index in [9.17, 15) is 18.3 Å². The first-order valence-electron chi connectivity index (χ1n) is 11.6. The molecule has 9 nitrogen and oxygen atoms in total. The van der Waals surface area contributed by atoms with Crippen LogP contribution in [0.5, 0.6) is 11.6 Å². The molecule has 194 valence electrons. The molecule has 0 amide bonds. The number of ether oxygens (including phenoxy) is 2. The van der Waals surface area contributed by atoms with Crippen LogP contribution in [0.15, 0.2) is 36.8 Å². The summed E-state index contributed by atoms with van der Waals surface area (Å²) in [6.45, 7) is 5.56. The maximum absolute atomic E-state index is 13.8. The van der Waals surface area contributed by atoms with Crippen molar-refractivity contribution < 1.29 is 27.8 Å². The molecule has 0 bridgehead atoms. The summed E-state index contributed by atoms with van der Waals surface area (Å²) in [4.78, 5) is 8.85. The topological polar surface area (TPSA) is 100 Å². The van der Waals surface area contributed by atoms with Crippen LogP contribution in [0.2, 0.25) is 0 Å². The highest BCUT2D eigenvalue weighted by Crippen LogP contribution is 2.39. The number of benzene rings is 1. The highest BCUT2D eigenvalue weighted by Gasteiger charge is 2.39. The second-order valence-electron chi connectivity index (χ2n) is 9.53. The predicted molar refractivity (Wildman–Crippen MR) is 126 cm³/mol. The molecule has 3 aromatic heterocycles. The average molecular weight is 515 g/mol. The minimum Gasteiger partial charge on any atom is -0.482 e. The fraction of sp³-hybridized carbons (Fsp3) is 0.360. The number of nitrogens with zero attached hydrogens (tertiary/aromatic N) is 6.